The third-order valence-electron chi connectivity index (χ3n) is 1.92. The first-order chi connectivity index (χ1) is 6.77. The van der Waals surface area contributed by atoms with Crippen LogP contribution in [0.25, 0.3) is 5.53 Å². The number of unbranched alkanes of at least 4 members (excludes halogenated alkanes) is 1. The molecule has 1 aliphatic rings. The molecule has 1 rings (SSSR count). The van der Waals surface area contributed by atoms with Crippen LogP contribution in [0, 0.1) is 0 Å². The summed E-state index contributed by atoms with van der Waals surface area (Å²) in [7, 11) is 0. The van der Waals surface area contributed by atoms with Crippen LogP contribution in [-0.2, 0) is 4.74 Å². The van der Waals surface area contributed by atoms with E-state index in [1.165, 1.54) is 0 Å². The highest BCUT2D eigenvalue weighted by Crippen LogP contribution is 2.13. The van der Waals surface area contributed by atoms with E-state index in [0.717, 1.165) is 12.8 Å². The molecule has 0 aromatic rings. The molecular formula is C10H13ClN2O. The van der Waals surface area contributed by atoms with Gasteiger partial charge in [-0.1, -0.05) is 24.9 Å². The van der Waals surface area contributed by atoms with Crippen LogP contribution in [0.4, 0.5) is 0 Å². The molecular weight excluding hydrogens is 200 g/mol. The number of hydrogen-bond acceptors (Lipinski definition) is 1. The van der Waals surface area contributed by atoms with Gasteiger partial charge in [0.1, 0.15) is 0 Å². The summed E-state index contributed by atoms with van der Waals surface area (Å²) in [4.78, 5) is 3.14. The lowest BCUT2D eigenvalue weighted by molar-refractivity contribution is -0.0227. The Morgan fingerprint density at radius 2 is 2.43 bits per heavy atom. The number of halogens is 1. The molecule has 0 amide bonds. The lowest BCUT2D eigenvalue weighted by atomic mass is 10.1. The van der Waals surface area contributed by atoms with Crippen molar-refractivity contribution in [1.82, 2.24) is 0 Å². The third-order valence-corrected chi connectivity index (χ3v) is 2.15. The lowest BCUT2D eigenvalue weighted by Gasteiger charge is -2.10. The van der Waals surface area contributed by atoms with Crippen LogP contribution in [0.15, 0.2) is 23.3 Å². The van der Waals surface area contributed by atoms with Crippen LogP contribution in [0.3, 0.4) is 0 Å². The Hall–Kier alpha value is -0.890. The van der Waals surface area contributed by atoms with E-state index in [0.29, 0.717) is 17.4 Å². The van der Waals surface area contributed by atoms with E-state index in [2.05, 4.69) is 11.7 Å². The zero-order valence-corrected chi connectivity index (χ0v) is 8.87. The highest BCUT2D eigenvalue weighted by molar-refractivity contribution is 6.33. The number of nitrogens with zero attached hydrogens (tertiary/aromatic N) is 2. The second-order valence-corrected chi connectivity index (χ2v) is 3.49. The second-order valence-electron chi connectivity index (χ2n) is 3.06. The van der Waals surface area contributed by atoms with Gasteiger partial charge in [0.15, 0.2) is 6.10 Å². The molecule has 0 fully saturated rings. The molecule has 0 bridgehead atoms. The first-order valence-electron chi connectivity index (χ1n) is 4.67. The predicted octanol–water partition coefficient (Wildman–Crippen LogP) is 2.54. The summed E-state index contributed by atoms with van der Waals surface area (Å²) in [6.07, 6.45) is 6.94. The van der Waals surface area contributed by atoms with E-state index >= 15 is 0 Å². The molecule has 1 aliphatic carbocycles. The number of hydrogen-bond donors (Lipinski definition) is 0. The average Bonchev–Trinajstić information content (AvgIpc) is 2.20. The minimum Gasteiger partial charge on any atom is -0.362 e. The maximum absolute atomic E-state index is 8.71. The van der Waals surface area contributed by atoms with Crippen molar-refractivity contribution in [2.75, 3.05) is 6.61 Å². The van der Waals surface area contributed by atoms with E-state index in [4.69, 9.17) is 21.9 Å². The molecule has 1 unspecified atom stereocenters. The van der Waals surface area contributed by atoms with Crippen LogP contribution in [0.1, 0.15) is 19.8 Å². The quantitative estimate of drug-likeness (QED) is 0.401. The number of rotatable bonds is 4. The highest BCUT2D eigenvalue weighted by Gasteiger charge is 2.22. The first-order valence-corrected chi connectivity index (χ1v) is 5.04. The van der Waals surface area contributed by atoms with Gasteiger partial charge in [0.2, 0.25) is 0 Å². The molecule has 0 N–H and O–H groups in total. The summed E-state index contributed by atoms with van der Waals surface area (Å²) in [5.74, 6) is 0. The Balaban J connectivity index is 2.54. The molecule has 0 heterocycles. The molecule has 0 aromatic carbocycles. The fourth-order valence-corrected chi connectivity index (χ4v) is 1.32. The molecule has 0 aliphatic heterocycles. The van der Waals surface area contributed by atoms with E-state index in [1.54, 1.807) is 18.2 Å². The van der Waals surface area contributed by atoms with Crippen molar-refractivity contribution in [2.45, 2.75) is 25.9 Å². The van der Waals surface area contributed by atoms with Crippen molar-refractivity contribution < 1.29 is 9.53 Å². The van der Waals surface area contributed by atoms with Crippen molar-refractivity contribution in [3.63, 3.8) is 0 Å². The normalized spacial score (nSPS) is 20.6. The van der Waals surface area contributed by atoms with Gasteiger partial charge in [-0.2, -0.15) is 4.79 Å². The largest absolute Gasteiger partial charge is 0.362 e. The Labute approximate surface area is 88.6 Å². The van der Waals surface area contributed by atoms with Crippen LogP contribution >= 0.6 is 11.6 Å². The summed E-state index contributed by atoms with van der Waals surface area (Å²) in [6.45, 7) is 2.76. The fraction of sp³-hybridized carbons (Fsp3) is 0.500. The van der Waals surface area contributed by atoms with E-state index in [1.807, 2.05) is 0 Å². The molecule has 0 saturated carbocycles. The molecule has 1 atom stereocenters. The zero-order chi connectivity index (χ0) is 10.4. The van der Waals surface area contributed by atoms with Crippen molar-refractivity contribution >= 4 is 17.3 Å². The van der Waals surface area contributed by atoms with E-state index < -0.39 is 0 Å². The Bertz CT molecular complexity index is 303. The van der Waals surface area contributed by atoms with Crippen molar-refractivity contribution in [2.24, 2.45) is 0 Å². The molecule has 4 heteroatoms. The number of allylic oxidation sites excluding steroid dienone is 2. The summed E-state index contributed by atoms with van der Waals surface area (Å²) >= 11 is 5.74. The SMILES string of the molecule is CCCCOC1C=CC(Cl)=CC1=[N+]=[N-]. The lowest BCUT2D eigenvalue weighted by Crippen LogP contribution is -2.24. The molecule has 14 heavy (non-hydrogen) atoms. The molecule has 76 valence electrons. The fourth-order valence-electron chi connectivity index (χ4n) is 1.13. The Morgan fingerprint density at radius 3 is 3.07 bits per heavy atom. The van der Waals surface area contributed by atoms with Gasteiger partial charge >= 0.3 is 5.71 Å². The van der Waals surface area contributed by atoms with Crippen LogP contribution in [0.2, 0.25) is 0 Å². The van der Waals surface area contributed by atoms with Crippen LogP contribution in [0.5, 0.6) is 0 Å². The minimum atomic E-state index is -0.269. The second kappa shape index (κ2) is 5.76. The predicted molar refractivity (Wildman–Crippen MR) is 56.4 cm³/mol. The smallest absolute Gasteiger partial charge is 0.325 e. The van der Waals surface area contributed by atoms with Crippen molar-refractivity contribution in [3.8, 4) is 0 Å². The van der Waals surface area contributed by atoms with Gasteiger partial charge < -0.3 is 10.3 Å². The monoisotopic (exact) mass is 212 g/mol. The van der Waals surface area contributed by atoms with Crippen molar-refractivity contribution in [1.29, 1.82) is 0 Å². The minimum absolute atomic E-state index is 0.269. The van der Waals surface area contributed by atoms with Crippen LogP contribution < -0.4 is 0 Å². The van der Waals surface area contributed by atoms with Gasteiger partial charge in [0.25, 0.3) is 0 Å². The van der Waals surface area contributed by atoms with Gasteiger partial charge in [-0.3, -0.25) is 0 Å². The summed E-state index contributed by atoms with van der Waals surface area (Å²) in [5.41, 5.74) is 9.16. The van der Waals surface area contributed by atoms with Gasteiger partial charge in [-0.05, 0) is 18.6 Å². The molecule has 0 saturated heterocycles. The Kier molecular flexibility index (Phi) is 4.60. The topological polar surface area (TPSA) is 45.6 Å². The standard InChI is InChI=1S/C10H13ClN2O/c1-2-3-6-14-10-5-4-8(11)7-9(10)13-12/h4-5,7,10H,2-3,6H2,1H3. The van der Waals surface area contributed by atoms with Crippen molar-refractivity contribution in [3.05, 3.63) is 28.8 Å². The molecule has 3 nitrogen and oxygen atoms in total. The van der Waals surface area contributed by atoms with E-state index in [-0.39, 0.29) is 6.10 Å². The summed E-state index contributed by atoms with van der Waals surface area (Å²) in [5, 5.41) is 0.549. The molecule has 0 spiro atoms. The zero-order valence-electron chi connectivity index (χ0n) is 8.11. The average molecular weight is 213 g/mol. The maximum atomic E-state index is 8.71. The van der Waals surface area contributed by atoms with Gasteiger partial charge in [-0.25, -0.2) is 0 Å². The maximum Gasteiger partial charge on any atom is 0.325 e. The molecule has 0 aromatic heterocycles. The summed E-state index contributed by atoms with van der Waals surface area (Å²) in [6, 6.07) is 0. The first kappa shape index (κ1) is 11.2. The highest BCUT2D eigenvalue weighted by atomic mass is 35.5. The number of ether oxygens (including phenoxy) is 1. The van der Waals surface area contributed by atoms with Crippen LogP contribution in [-0.4, -0.2) is 23.2 Å². The third kappa shape index (κ3) is 3.11. The van der Waals surface area contributed by atoms with E-state index in [9.17, 15) is 0 Å². The van der Waals surface area contributed by atoms with Gasteiger partial charge in [0.05, 0.1) is 0 Å². The molecule has 0 radical (unpaired) electrons. The van der Waals surface area contributed by atoms with Gasteiger partial charge in [-0.15, -0.1) is 0 Å². The summed E-state index contributed by atoms with van der Waals surface area (Å²) < 4.78 is 5.49. The van der Waals surface area contributed by atoms with Gasteiger partial charge in [0, 0.05) is 17.7 Å². The Morgan fingerprint density at radius 1 is 1.64 bits per heavy atom.